The Morgan fingerprint density at radius 3 is 2.27 bits per heavy atom. The van der Waals surface area contributed by atoms with Crippen molar-refractivity contribution in [3.05, 3.63) is 87.9 Å². The minimum Gasteiger partial charge on any atom is -0.495 e. The molecule has 0 bridgehead atoms. The minimum absolute atomic E-state index is 0.0108. The number of para-hydroxylation sites is 2. The van der Waals surface area contributed by atoms with Gasteiger partial charge < -0.3 is 15.0 Å². The zero-order valence-corrected chi connectivity index (χ0v) is 26.1. The van der Waals surface area contributed by atoms with Crippen LogP contribution in [0.4, 0.5) is 5.69 Å². The van der Waals surface area contributed by atoms with Crippen molar-refractivity contribution in [2.24, 2.45) is 0 Å². The van der Waals surface area contributed by atoms with Crippen LogP contribution in [-0.4, -0.2) is 50.9 Å². The van der Waals surface area contributed by atoms with E-state index in [2.05, 4.69) is 5.32 Å². The monoisotopic (exact) mass is 619 g/mol. The van der Waals surface area contributed by atoms with Gasteiger partial charge in [-0.2, -0.15) is 0 Å². The van der Waals surface area contributed by atoms with E-state index in [0.29, 0.717) is 22.0 Å². The first kappa shape index (κ1) is 32.2. The number of rotatable bonds is 12. The standard InChI is InChI=1S/C30H35Cl2N3O5S/c1-6-21(3)33-30(37)22(4)34(18-23-13-14-24(31)17-26(23)32)29(36)19-35(27-9-7-8-10-28(27)40-5)41(38,39)25-15-11-20(2)12-16-25/h7-17,21-22H,6,18-19H2,1-5H3,(H,33,37)/t21-,22-/m1/s1. The van der Waals surface area contributed by atoms with Crippen molar-refractivity contribution in [2.75, 3.05) is 18.0 Å². The van der Waals surface area contributed by atoms with Crippen LogP contribution in [0.5, 0.6) is 5.75 Å². The van der Waals surface area contributed by atoms with Crippen molar-refractivity contribution < 1.29 is 22.7 Å². The molecule has 0 saturated heterocycles. The average molecular weight is 621 g/mol. The van der Waals surface area contributed by atoms with Crippen molar-refractivity contribution in [2.45, 2.75) is 57.6 Å². The lowest BCUT2D eigenvalue weighted by Crippen LogP contribution is -2.52. The SMILES string of the molecule is CC[C@@H](C)NC(=O)[C@@H](C)N(Cc1ccc(Cl)cc1Cl)C(=O)CN(c1ccccc1OC)S(=O)(=O)c1ccc(C)cc1. The van der Waals surface area contributed by atoms with Gasteiger partial charge in [-0.1, -0.05) is 66.0 Å². The zero-order valence-electron chi connectivity index (χ0n) is 23.7. The van der Waals surface area contributed by atoms with Gasteiger partial charge in [0.05, 0.1) is 17.7 Å². The van der Waals surface area contributed by atoms with Crippen LogP contribution in [0.2, 0.25) is 10.0 Å². The fourth-order valence-corrected chi connectivity index (χ4v) is 5.96. The van der Waals surface area contributed by atoms with Crippen LogP contribution in [0.1, 0.15) is 38.3 Å². The lowest BCUT2D eigenvalue weighted by molar-refractivity contribution is -0.139. The van der Waals surface area contributed by atoms with Crippen LogP contribution < -0.4 is 14.4 Å². The smallest absolute Gasteiger partial charge is 0.264 e. The maximum atomic E-state index is 14.1. The van der Waals surface area contributed by atoms with Crippen molar-refractivity contribution in [3.8, 4) is 5.75 Å². The number of benzene rings is 3. The van der Waals surface area contributed by atoms with Crippen molar-refractivity contribution >= 4 is 50.7 Å². The first-order valence-corrected chi connectivity index (χ1v) is 15.3. The van der Waals surface area contributed by atoms with E-state index >= 15 is 0 Å². The van der Waals surface area contributed by atoms with Crippen LogP contribution in [0.25, 0.3) is 0 Å². The fraction of sp³-hybridized carbons (Fsp3) is 0.333. The second-order valence-corrected chi connectivity index (χ2v) is 12.5. The minimum atomic E-state index is -4.23. The number of amides is 2. The Morgan fingerprint density at radius 2 is 1.66 bits per heavy atom. The Kier molecular flexibility index (Phi) is 11.1. The third-order valence-electron chi connectivity index (χ3n) is 6.77. The van der Waals surface area contributed by atoms with Crippen LogP contribution in [0.3, 0.4) is 0 Å². The number of hydrogen-bond donors (Lipinski definition) is 1. The van der Waals surface area contributed by atoms with Crippen molar-refractivity contribution in [1.82, 2.24) is 10.2 Å². The summed E-state index contributed by atoms with van der Waals surface area (Å²) in [5.74, 6) is -0.710. The van der Waals surface area contributed by atoms with E-state index in [-0.39, 0.29) is 34.8 Å². The molecule has 0 radical (unpaired) electrons. The molecule has 3 aromatic rings. The molecule has 0 aliphatic carbocycles. The number of aryl methyl sites for hydroxylation is 1. The van der Waals surface area contributed by atoms with Gasteiger partial charge in [-0.3, -0.25) is 13.9 Å². The number of nitrogens with one attached hydrogen (secondary N) is 1. The van der Waals surface area contributed by atoms with Gasteiger partial charge in [-0.15, -0.1) is 0 Å². The molecule has 0 fully saturated rings. The van der Waals surface area contributed by atoms with Gasteiger partial charge in [-0.25, -0.2) is 8.42 Å². The predicted octanol–water partition coefficient (Wildman–Crippen LogP) is 5.84. The molecule has 8 nitrogen and oxygen atoms in total. The summed E-state index contributed by atoms with van der Waals surface area (Å²) in [5, 5.41) is 3.64. The average Bonchev–Trinajstić information content (AvgIpc) is 2.95. The quantitative estimate of drug-likeness (QED) is 0.275. The van der Waals surface area contributed by atoms with Gasteiger partial charge in [0.15, 0.2) is 0 Å². The van der Waals surface area contributed by atoms with Crippen LogP contribution in [0, 0.1) is 6.92 Å². The zero-order chi connectivity index (χ0) is 30.3. The number of hydrogen-bond acceptors (Lipinski definition) is 5. The van der Waals surface area contributed by atoms with Crippen molar-refractivity contribution in [1.29, 1.82) is 0 Å². The molecule has 0 saturated carbocycles. The molecule has 2 amide bonds. The van der Waals surface area contributed by atoms with Crippen LogP contribution >= 0.6 is 23.2 Å². The highest BCUT2D eigenvalue weighted by Crippen LogP contribution is 2.33. The highest BCUT2D eigenvalue weighted by Gasteiger charge is 2.34. The molecule has 3 rings (SSSR count). The lowest BCUT2D eigenvalue weighted by atomic mass is 10.1. The van der Waals surface area contributed by atoms with Crippen LogP contribution in [-0.2, 0) is 26.2 Å². The molecule has 0 aliphatic rings. The Hall–Kier alpha value is -3.27. The van der Waals surface area contributed by atoms with E-state index in [1.165, 1.54) is 24.1 Å². The summed E-state index contributed by atoms with van der Waals surface area (Å²) in [4.78, 5) is 28.6. The summed E-state index contributed by atoms with van der Waals surface area (Å²) in [6.45, 7) is 6.61. The first-order valence-electron chi connectivity index (χ1n) is 13.1. The van der Waals surface area contributed by atoms with Gasteiger partial charge in [-0.05, 0) is 69.2 Å². The number of methoxy groups -OCH3 is 1. The molecule has 2 atom stereocenters. The van der Waals surface area contributed by atoms with Crippen molar-refractivity contribution in [3.63, 3.8) is 0 Å². The van der Waals surface area contributed by atoms with Gasteiger partial charge in [0.25, 0.3) is 10.0 Å². The third-order valence-corrected chi connectivity index (χ3v) is 9.13. The molecule has 1 N–H and O–H groups in total. The van der Waals surface area contributed by atoms with Gasteiger partial charge in [0.2, 0.25) is 11.8 Å². The van der Waals surface area contributed by atoms with E-state index in [9.17, 15) is 18.0 Å². The molecule has 220 valence electrons. The normalized spacial score (nSPS) is 12.8. The van der Waals surface area contributed by atoms with E-state index in [1.807, 2.05) is 20.8 Å². The van der Waals surface area contributed by atoms with Gasteiger partial charge in [0.1, 0.15) is 18.3 Å². The lowest BCUT2D eigenvalue weighted by Gasteiger charge is -2.33. The van der Waals surface area contributed by atoms with Gasteiger partial charge in [0, 0.05) is 22.6 Å². The Bertz CT molecular complexity index is 1480. The molecular weight excluding hydrogens is 585 g/mol. The number of carbonyl (C=O) groups is 2. The number of sulfonamides is 1. The molecular formula is C30H35Cl2N3O5S. The number of halogens is 2. The summed E-state index contributed by atoms with van der Waals surface area (Å²) in [6.07, 6.45) is 0.700. The molecule has 0 spiro atoms. The second-order valence-electron chi connectivity index (χ2n) is 9.75. The van der Waals surface area contributed by atoms with Crippen LogP contribution in [0.15, 0.2) is 71.6 Å². The van der Waals surface area contributed by atoms with E-state index in [0.717, 1.165) is 9.87 Å². The second kappa shape index (κ2) is 14.1. The summed E-state index contributed by atoms with van der Waals surface area (Å²) in [7, 11) is -2.80. The highest BCUT2D eigenvalue weighted by molar-refractivity contribution is 7.92. The molecule has 0 aliphatic heterocycles. The van der Waals surface area contributed by atoms with E-state index in [4.69, 9.17) is 27.9 Å². The van der Waals surface area contributed by atoms with E-state index < -0.39 is 28.5 Å². The highest BCUT2D eigenvalue weighted by atomic mass is 35.5. The number of nitrogens with zero attached hydrogens (tertiary/aromatic N) is 2. The predicted molar refractivity (Wildman–Crippen MR) is 163 cm³/mol. The molecule has 0 heterocycles. The Balaban J connectivity index is 2.08. The summed E-state index contributed by atoms with van der Waals surface area (Å²) in [5.41, 5.74) is 1.62. The largest absolute Gasteiger partial charge is 0.495 e. The summed E-state index contributed by atoms with van der Waals surface area (Å²) < 4.78 is 34.5. The number of carbonyl (C=O) groups excluding carboxylic acids is 2. The first-order chi connectivity index (χ1) is 19.4. The molecule has 11 heteroatoms. The summed E-state index contributed by atoms with van der Waals surface area (Å²) in [6, 6.07) is 16.7. The third kappa shape index (κ3) is 7.93. The Labute approximate surface area is 252 Å². The number of anilines is 1. The Morgan fingerprint density at radius 1 is 1.00 bits per heavy atom. The maximum Gasteiger partial charge on any atom is 0.264 e. The fourth-order valence-electron chi connectivity index (χ4n) is 4.07. The molecule has 0 aromatic heterocycles. The van der Waals surface area contributed by atoms with E-state index in [1.54, 1.807) is 61.5 Å². The summed E-state index contributed by atoms with van der Waals surface area (Å²) >= 11 is 12.5. The maximum absolute atomic E-state index is 14.1. The molecule has 41 heavy (non-hydrogen) atoms. The molecule has 0 unspecified atom stereocenters. The topological polar surface area (TPSA) is 96.0 Å². The number of ether oxygens (including phenoxy) is 1. The molecule has 3 aromatic carbocycles. The van der Waals surface area contributed by atoms with Gasteiger partial charge >= 0.3 is 0 Å².